The van der Waals surface area contributed by atoms with Crippen LogP contribution in [-0.2, 0) is 6.18 Å². The second-order valence-electron chi connectivity index (χ2n) is 4.23. The van der Waals surface area contributed by atoms with Crippen molar-refractivity contribution < 1.29 is 18.3 Å². The average molecular weight is 245 g/mol. The second-order valence-corrected chi connectivity index (χ2v) is 4.23. The van der Waals surface area contributed by atoms with Crippen LogP contribution < -0.4 is 5.32 Å². The van der Waals surface area contributed by atoms with Crippen molar-refractivity contribution in [1.82, 2.24) is 5.32 Å². The van der Waals surface area contributed by atoms with Crippen molar-refractivity contribution in [3.63, 3.8) is 0 Å². The minimum absolute atomic E-state index is 0.0422. The molecule has 0 radical (unpaired) electrons. The van der Waals surface area contributed by atoms with Gasteiger partial charge in [0, 0.05) is 6.04 Å². The molecule has 0 amide bonds. The van der Waals surface area contributed by atoms with Gasteiger partial charge in [0.1, 0.15) is 0 Å². The van der Waals surface area contributed by atoms with Crippen molar-refractivity contribution >= 4 is 0 Å². The fourth-order valence-electron chi connectivity index (χ4n) is 2.21. The molecule has 94 valence electrons. The highest BCUT2D eigenvalue weighted by Crippen LogP contribution is 2.36. The molecule has 1 aliphatic heterocycles. The fraction of sp³-hybridized carbons (Fsp3) is 0.500. The van der Waals surface area contributed by atoms with E-state index < -0.39 is 17.8 Å². The molecule has 0 spiro atoms. The van der Waals surface area contributed by atoms with Crippen molar-refractivity contribution in [3.8, 4) is 0 Å². The van der Waals surface area contributed by atoms with Gasteiger partial charge in [-0.1, -0.05) is 18.2 Å². The number of aliphatic hydroxyl groups is 1. The molecule has 17 heavy (non-hydrogen) atoms. The smallest absolute Gasteiger partial charge is 0.387 e. The Morgan fingerprint density at radius 3 is 2.59 bits per heavy atom. The fourth-order valence-corrected chi connectivity index (χ4v) is 2.21. The zero-order valence-electron chi connectivity index (χ0n) is 9.17. The normalized spacial score (nSPS) is 22.7. The standard InChI is InChI=1S/C12H14F3NO/c13-12(14,15)9-5-2-1-4-8(9)11(17)10-6-3-7-16-10/h1-2,4-5,10-11,16-17H,3,6-7H2. The SMILES string of the molecule is OC(c1ccccc1C(F)(F)F)C1CCCN1. The molecule has 2 rings (SSSR count). The maximum atomic E-state index is 12.8. The van der Waals surface area contributed by atoms with E-state index >= 15 is 0 Å². The number of benzene rings is 1. The molecule has 1 aromatic rings. The summed E-state index contributed by atoms with van der Waals surface area (Å²) in [6.07, 6.45) is -3.94. The first-order valence-electron chi connectivity index (χ1n) is 5.57. The van der Waals surface area contributed by atoms with Crippen LogP contribution in [0.25, 0.3) is 0 Å². The van der Waals surface area contributed by atoms with Gasteiger partial charge in [-0.25, -0.2) is 0 Å². The number of alkyl halides is 3. The Balaban J connectivity index is 2.31. The van der Waals surface area contributed by atoms with Crippen LogP contribution in [0, 0.1) is 0 Å². The summed E-state index contributed by atoms with van der Waals surface area (Å²) in [6.45, 7) is 0.746. The van der Waals surface area contributed by atoms with Crippen molar-refractivity contribution in [2.24, 2.45) is 0 Å². The molecule has 1 saturated heterocycles. The van der Waals surface area contributed by atoms with E-state index in [0.717, 1.165) is 19.0 Å². The molecule has 0 aromatic heterocycles. The molecule has 2 N–H and O–H groups in total. The van der Waals surface area contributed by atoms with E-state index in [2.05, 4.69) is 5.32 Å². The van der Waals surface area contributed by atoms with Gasteiger partial charge in [0.15, 0.2) is 0 Å². The molecular formula is C12H14F3NO. The lowest BCUT2D eigenvalue weighted by Crippen LogP contribution is -2.30. The Kier molecular flexibility index (Phi) is 3.40. The van der Waals surface area contributed by atoms with Crippen molar-refractivity contribution in [2.75, 3.05) is 6.54 Å². The number of rotatable bonds is 2. The first kappa shape index (κ1) is 12.4. The lowest BCUT2D eigenvalue weighted by molar-refractivity contribution is -0.139. The van der Waals surface area contributed by atoms with Crippen LogP contribution in [0.5, 0.6) is 0 Å². The minimum Gasteiger partial charge on any atom is -0.387 e. The third kappa shape index (κ3) is 2.61. The highest BCUT2D eigenvalue weighted by molar-refractivity contribution is 5.32. The monoisotopic (exact) mass is 245 g/mol. The van der Waals surface area contributed by atoms with Crippen molar-refractivity contribution in [2.45, 2.75) is 31.2 Å². The van der Waals surface area contributed by atoms with Crippen LogP contribution in [0.2, 0.25) is 0 Å². The van der Waals surface area contributed by atoms with Gasteiger partial charge in [0.2, 0.25) is 0 Å². The van der Waals surface area contributed by atoms with E-state index in [1.807, 2.05) is 0 Å². The first-order valence-corrected chi connectivity index (χ1v) is 5.57. The van der Waals surface area contributed by atoms with E-state index in [1.165, 1.54) is 18.2 Å². The van der Waals surface area contributed by atoms with Crippen LogP contribution in [0.1, 0.15) is 30.1 Å². The van der Waals surface area contributed by atoms with Gasteiger partial charge in [-0.05, 0) is 31.0 Å². The predicted molar refractivity (Wildman–Crippen MR) is 57.4 cm³/mol. The Morgan fingerprint density at radius 1 is 1.29 bits per heavy atom. The Morgan fingerprint density at radius 2 is 2.00 bits per heavy atom. The number of hydrogen-bond donors (Lipinski definition) is 2. The summed E-state index contributed by atoms with van der Waals surface area (Å²) in [5, 5.41) is 13.0. The quantitative estimate of drug-likeness (QED) is 0.839. The molecule has 2 unspecified atom stereocenters. The molecule has 0 saturated carbocycles. The van der Waals surface area contributed by atoms with Gasteiger partial charge >= 0.3 is 6.18 Å². The molecule has 5 heteroatoms. The number of nitrogens with one attached hydrogen (secondary N) is 1. The van der Waals surface area contributed by atoms with E-state index in [0.29, 0.717) is 6.42 Å². The van der Waals surface area contributed by atoms with Gasteiger partial charge in [-0.15, -0.1) is 0 Å². The summed E-state index contributed by atoms with van der Waals surface area (Å²) >= 11 is 0. The summed E-state index contributed by atoms with van der Waals surface area (Å²) in [6, 6.07) is 4.92. The molecule has 0 bridgehead atoms. The summed E-state index contributed by atoms with van der Waals surface area (Å²) in [5.74, 6) is 0. The van der Waals surface area contributed by atoms with Gasteiger partial charge in [0.25, 0.3) is 0 Å². The average Bonchev–Trinajstić information content (AvgIpc) is 2.80. The molecule has 1 heterocycles. The van der Waals surface area contributed by atoms with E-state index in [-0.39, 0.29) is 11.6 Å². The van der Waals surface area contributed by atoms with Gasteiger partial charge in [-0.3, -0.25) is 0 Å². The lowest BCUT2D eigenvalue weighted by atomic mass is 9.96. The Bertz CT molecular complexity index is 386. The summed E-state index contributed by atoms with van der Waals surface area (Å²) < 4.78 is 38.3. The number of halogens is 3. The predicted octanol–water partition coefficient (Wildman–Crippen LogP) is 2.49. The summed E-state index contributed by atoms with van der Waals surface area (Å²) in [4.78, 5) is 0. The van der Waals surface area contributed by atoms with Gasteiger partial charge < -0.3 is 10.4 Å². The molecule has 1 aromatic carbocycles. The molecule has 2 atom stereocenters. The first-order chi connectivity index (χ1) is 8.00. The Hall–Kier alpha value is -1.07. The van der Waals surface area contributed by atoms with Crippen molar-refractivity contribution in [1.29, 1.82) is 0 Å². The number of aliphatic hydroxyl groups excluding tert-OH is 1. The third-order valence-corrected chi connectivity index (χ3v) is 3.06. The zero-order chi connectivity index (χ0) is 12.5. The van der Waals surface area contributed by atoms with Crippen LogP contribution in [0.15, 0.2) is 24.3 Å². The molecule has 2 nitrogen and oxygen atoms in total. The molecule has 0 aliphatic carbocycles. The molecule has 1 aliphatic rings. The van der Waals surface area contributed by atoms with Gasteiger partial charge in [0.05, 0.1) is 11.7 Å². The van der Waals surface area contributed by atoms with Crippen LogP contribution in [-0.4, -0.2) is 17.7 Å². The minimum atomic E-state index is -4.42. The Labute approximate surface area is 97.5 Å². The lowest BCUT2D eigenvalue weighted by Gasteiger charge is -2.22. The van der Waals surface area contributed by atoms with E-state index in [1.54, 1.807) is 0 Å². The topological polar surface area (TPSA) is 32.3 Å². The second kappa shape index (κ2) is 4.66. The van der Waals surface area contributed by atoms with Gasteiger partial charge in [-0.2, -0.15) is 13.2 Å². The zero-order valence-corrected chi connectivity index (χ0v) is 9.17. The largest absolute Gasteiger partial charge is 0.416 e. The van der Waals surface area contributed by atoms with Crippen LogP contribution in [0.3, 0.4) is 0 Å². The molecule has 1 fully saturated rings. The maximum Gasteiger partial charge on any atom is 0.416 e. The van der Waals surface area contributed by atoms with E-state index in [4.69, 9.17) is 0 Å². The van der Waals surface area contributed by atoms with Crippen LogP contribution in [0.4, 0.5) is 13.2 Å². The highest BCUT2D eigenvalue weighted by Gasteiger charge is 2.36. The highest BCUT2D eigenvalue weighted by atomic mass is 19.4. The third-order valence-electron chi connectivity index (χ3n) is 3.06. The summed E-state index contributed by atoms with van der Waals surface area (Å²) in [7, 11) is 0. The maximum absolute atomic E-state index is 12.8. The molecular weight excluding hydrogens is 231 g/mol. The number of hydrogen-bond acceptors (Lipinski definition) is 2. The van der Waals surface area contributed by atoms with E-state index in [9.17, 15) is 18.3 Å². The summed E-state index contributed by atoms with van der Waals surface area (Å²) in [5.41, 5.74) is -0.791. The van der Waals surface area contributed by atoms with Crippen LogP contribution >= 0.6 is 0 Å². The van der Waals surface area contributed by atoms with Crippen molar-refractivity contribution in [3.05, 3.63) is 35.4 Å².